The molecule has 6 nitrogen and oxygen atoms in total. The monoisotopic (exact) mass is 375 g/mol. The van der Waals surface area contributed by atoms with Crippen LogP contribution in [0.1, 0.15) is 11.3 Å². The van der Waals surface area contributed by atoms with Crippen molar-refractivity contribution in [1.82, 2.24) is 14.4 Å². The second-order valence-electron chi connectivity index (χ2n) is 5.93. The SMILES string of the molecule is Cc1cccc(Oc2ccc(-c3c(C#N)c4c(Cl)nccn4c3N)cc2)n1. The number of nitrogen functional groups attached to an aromatic ring is 1. The van der Waals surface area contributed by atoms with Crippen LogP contribution in [0.4, 0.5) is 5.82 Å². The lowest BCUT2D eigenvalue weighted by Gasteiger charge is -2.07. The smallest absolute Gasteiger partial charge is 0.219 e. The topological polar surface area (TPSA) is 89.2 Å². The summed E-state index contributed by atoms with van der Waals surface area (Å²) in [4.78, 5) is 8.36. The number of ether oxygens (including phenoxy) is 1. The first-order valence-corrected chi connectivity index (χ1v) is 8.52. The lowest BCUT2D eigenvalue weighted by molar-refractivity contribution is 0.462. The van der Waals surface area contributed by atoms with Gasteiger partial charge in [-0.15, -0.1) is 0 Å². The zero-order chi connectivity index (χ0) is 19.0. The maximum atomic E-state index is 9.65. The van der Waals surface area contributed by atoms with Crippen molar-refractivity contribution in [3.63, 3.8) is 0 Å². The molecule has 0 aliphatic heterocycles. The molecule has 27 heavy (non-hydrogen) atoms. The van der Waals surface area contributed by atoms with Crippen LogP contribution in [0.3, 0.4) is 0 Å². The molecule has 2 N–H and O–H groups in total. The van der Waals surface area contributed by atoms with Gasteiger partial charge in [-0.05, 0) is 30.7 Å². The molecule has 0 spiro atoms. The molecule has 7 heteroatoms. The van der Waals surface area contributed by atoms with Gasteiger partial charge in [0, 0.05) is 29.7 Å². The Labute approximate surface area is 160 Å². The number of nitrogens with two attached hydrogens (primary N) is 1. The minimum atomic E-state index is 0.234. The van der Waals surface area contributed by atoms with Gasteiger partial charge in [-0.2, -0.15) is 5.26 Å². The number of rotatable bonds is 3. The standard InChI is InChI=1S/C20H14ClN5O/c1-12-3-2-4-16(25-12)27-14-7-5-13(6-8-14)17-15(11-22)18-19(21)24-9-10-26(18)20(17)23/h2-10H,23H2,1H3. The molecule has 132 valence electrons. The van der Waals surface area contributed by atoms with Crippen molar-refractivity contribution in [3.05, 3.63) is 71.3 Å². The molecular weight excluding hydrogens is 362 g/mol. The molecule has 0 fully saturated rings. The Kier molecular flexibility index (Phi) is 4.15. The summed E-state index contributed by atoms with van der Waals surface area (Å²) in [5.41, 5.74) is 9.45. The van der Waals surface area contributed by atoms with Gasteiger partial charge in [0.2, 0.25) is 5.88 Å². The molecule has 3 aromatic heterocycles. The van der Waals surface area contributed by atoms with E-state index in [-0.39, 0.29) is 5.15 Å². The number of nitrogens with zero attached hydrogens (tertiary/aromatic N) is 4. The van der Waals surface area contributed by atoms with Gasteiger partial charge in [-0.1, -0.05) is 29.8 Å². The Morgan fingerprint density at radius 3 is 2.67 bits per heavy atom. The summed E-state index contributed by atoms with van der Waals surface area (Å²) >= 11 is 6.18. The number of halogens is 1. The highest BCUT2D eigenvalue weighted by molar-refractivity contribution is 6.33. The number of pyridine rings is 1. The fourth-order valence-electron chi connectivity index (χ4n) is 2.98. The van der Waals surface area contributed by atoms with E-state index >= 15 is 0 Å². The van der Waals surface area contributed by atoms with Gasteiger partial charge in [0.1, 0.15) is 23.2 Å². The average molecular weight is 376 g/mol. The van der Waals surface area contributed by atoms with Crippen molar-refractivity contribution in [1.29, 1.82) is 5.26 Å². The van der Waals surface area contributed by atoms with Crippen LogP contribution in [0.5, 0.6) is 11.6 Å². The predicted octanol–water partition coefficient (Wildman–Crippen LogP) is 4.60. The van der Waals surface area contributed by atoms with Gasteiger partial charge in [0.25, 0.3) is 0 Å². The molecule has 4 rings (SSSR count). The van der Waals surface area contributed by atoms with E-state index in [0.29, 0.717) is 34.1 Å². The van der Waals surface area contributed by atoms with Gasteiger partial charge in [0.05, 0.1) is 5.56 Å². The Morgan fingerprint density at radius 2 is 1.96 bits per heavy atom. The highest BCUT2D eigenvalue weighted by atomic mass is 35.5. The van der Waals surface area contributed by atoms with Gasteiger partial charge in [0.15, 0.2) is 5.15 Å². The maximum absolute atomic E-state index is 9.65. The summed E-state index contributed by atoms with van der Waals surface area (Å²) in [7, 11) is 0. The molecule has 3 heterocycles. The molecule has 0 radical (unpaired) electrons. The number of nitriles is 1. The van der Waals surface area contributed by atoms with E-state index in [0.717, 1.165) is 11.3 Å². The molecule has 0 saturated heterocycles. The lowest BCUT2D eigenvalue weighted by Crippen LogP contribution is -1.94. The number of fused-ring (bicyclic) bond motifs is 1. The summed E-state index contributed by atoms with van der Waals surface area (Å²) in [5.74, 6) is 1.59. The molecule has 0 saturated carbocycles. The summed E-state index contributed by atoms with van der Waals surface area (Å²) in [6.45, 7) is 1.90. The molecule has 0 unspecified atom stereocenters. The van der Waals surface area contributed by atoms with E-state index in [1.165, 1.54) is 0 Å². The zero-order valence-corrected chi connectivity index (χ0v) is 15.1. The van der Waals surface area contributed by atoms with Crippen molar-refractivity contribution >= 4 is 22.9 Å². The molecule has 0 atom stereocenters. The number of aromatic nitrogens is 3. The fourth-order valence-corrected chi connectivity index (χ4v) is 3.22. The molecule has 0 amide bonds. The first-order chi connectivity index (χ1) is 13.1. The summed E-state index contributed by atoms with van der Waals surface area (Å²) in [6, 6.07) is 15.1. The van der Waals surface area contributed by atoms with Crippen molar-refractivity contribution in [2.24, 2.45) is 0 Å². The molecule has 4 aromatic rings. The van der Waals surface area contributed by atoms with Gasteiger partial charge in [-0.25, -0.2) is 9.97 Å². The third-order valence-electron chi connectivity index (χ3n) is 4.18. The number of hydrogen-bond acceptors (Lipinski definition) is 5. The van der Waals surface area contributed by atoms with E-state index in [9.17, 15) is 5.26 Å². The normalized spacial score (nSPS) is 10.7. The molecule has 0 aliphatic carbocycles. The number of benzene rings is 1. The van der Waals surface area contributed by atoms with E-state index in [4.69, 9.17) is 22.1 Å². The van der Waals surface area contributed by atoms with Crippen LogP contribution in [0.25, 0.3) is 16.6 Å². The van der Waals surface area contributed by atoms with Crippen LogP contribution >= 0.6 is 11.6 Å². The highest BCUT2D eigenvalue weighted by Gasteiger charge is 2.20. The Hall–Kier alpha value is -3.56. The van der Waals surface area contributed by atoms with E-state index in [2.05, 4.69) is 16.0 Å². The van der Waals surface area contributed by atoms with Crippen molar-refractivity contribution in [2.45, 2.75) is 6.92 Å². The van der Waals surface area contributed by atoms with E-state index in [1.807, 2.05) is 43.3 Å². The Bertz CT molecular complexity index is 1190. The maximum Gasteiger partial charge on any atom is 0.219 e. The molecule has 1 aromatic carbocycles. The van der Waals surface area contributed by atoms with Crippen LogP contribution in [-0.4, -0.2) is 14.4 Å². The lowest BCUT2D eigenvalue weighted by atomic mass is 10.0. The van der Waals surface area contributed by atoms with Crippen LogP contribution in [0.2, 0.25) is 5.15 Å². The minimum absolute atomic E-state index is 0.234. The van der Waals surface area contributed by atoms with Gasteiger partial charge >= 0.3 is 0 Å². The molecule has 0 bridgehead atoms. The first kappa shape index (κ1) is 16.9. The second-order valence-corrected chi connectivity index (χ2v) is 6.29. The van der Waals surface area contributed by atoms with Crippen LogP contribution in [-0.2, 0) is 0 Å². The zero-order valence-electron chi connectivity index (χ0n) is 14.3. The highest BCUT2D eigenvalue weighted by Crippen LogP contribution is 2.37. The average Bonchev–Trinajstić information content (AvgIpc) is 2.96. The van der Waals surface area contributed by atoms with Gasteiger partial charge in [-0.3, -0.25) is 4.40 Å². The summed E-state index contributed by atoms with van der Waals surface area (Å²) in [6.07, 6.45) is 3.23. The van der Waals surface area contributed by atoms with Crippen molar-refractivity contribution in [3.8, 4) is 28.8 Å². The third kappa shape index (κ3) is 2.94. The quantitative estimate of drug-likeness (QED) is 0.565. The minimum Gasteiger partial charge on any atom is -0.439 e. The largest absolute Gasteiger partial charge is 0.439 e. The second kappa shape index (κ2) is 6.63. The van der Waals surface area contributed by atoms with E-state index < -0.39 is 0 Å². The summed E-state index contributed by atoms with van der Waals surface area (Å²) < 4.78 is 7.44. The number of hydrogen-bond donors (Lipinski definition) is 1. The predicted molar refractivity (Wildman–Crippen MR) is 104 cm³/mol. The van der Waals surface area contributed by atoms with Crippen LogP contribution < -0.4 is 10.5 Å². The molecule has 0 aliphatic rings. The van der Waals surface area contributed by atoms with Crippen LogP contribution in [0, 0.1) is 18.3 Å². The molecular formula is C20H14ClN5O. The summed E-state index contributed by atoms with van der Waals surface area (Å²) in [5, 5.41) is 9.89. The van der Waals surface area contributed by atoms with E-state index in [1.54, 1.807) is 22.9 Å². The van der Waals surface area contributed by atoms with Crippen molar-refractivity contribution < 1.29 is 4.74 Å². The van der Waals surface area contributed by atoms with Crippen LogP contribution in [0.15, 0.2) is 54.9 Å². The van der Waals surface area contributed by atoms with Gasteiger partial charge < -0.3 is 10.5 Å². The number of anilines is 1. The Balaban J connectivity index is 1.76. The fraction of sp³-hybridized carbons (Fsp3) is 0.0500. The number of aryl methyl sites for hydroxylation is 1. The third-order valence-corrected chi connectivity index (χ3v) is 4.46. The first-order valence-electron chi connectivity index (χ1n) is 8.14. The Morgan fingerprint density at radius 1 is 1.19 bits per heavy atom. The van der Waals surface area contributed by atoms with Crippen molar-refractivity contribution in [2.75, 3.05) is 5.73 Å².